The highest BCUT2D eigenvalue weighted by atomic mass is 79.9. The summed E-state index contributed by atoms with van der Waals surface area (Å²) >= 11 is 3.45. The topological polar surface area (TPSA) is 39.9 Å². The van der Waals surface area contributed by atoms with E-state index >= 15 is 0 Å². The minimum Gasteiger partial charge on any atom is -0.383 e. The Balaban J connectivity index is 2.21. The highest BCUT2D eigenvalue weighted by Gasteiger charge is 2.11. The average Bonchev–Trinajstić information content (AvgIpc) is 2.78. The van der Waals surface area contributed by atoms with Gasteiger partial charge < -0.3 is 9.30 Å². The molecular formula is C14H18BrN3O. The molecule has 1 aromatic carbocycles. The van der Waals surface area contributed by atoms with Crippen molar-refractivity contribution in [3.05, 3.63) is 47.0 Å². The van der Waals surface area contributed by atoms with Crippen LogP contribution in [-0.4, -0.2) is 28.5 Å². The summed E-state index contributed by atoms with van der Waals surface area (Å²) in [4.78, 5) is 0. The van der Waals surface area contributed by atoms with Crippen molar-refractivity contribution < 1.29 is 4.74 Å². The van der Waals surface area contributed by atoms with Crippen LogP contribution in [0.15, 0.2) is 24.3 Å². The molecule has 2 rings (SSSR count). The molecule has 0 fully saturated rings. The Kier molecular flexibility index (Phi) is 5.10. The number of hydrogen-bond acceptors (Lipinski definition) is 3. The lowest BCUT2D eigenvalue weighted by Gasteiger charge is -2.09. The van der Waals surface area contributed by atoms with E-state index in [1.54, 1.807) is 7.11 Å². The SMILES string of the molecule is COCCn1c(CBr)nnc1Cc1cccc(C)c1. The van der Waals surface area contributed by atoms with Gasteiger partial charge >= 0.3 is 0 Å². The smallest absolute Gasteiger partial charge is 0.143 e. The molecule has 0 saturated carbocycles. The first kappa shape index (κ1) is 14.2. The zero-order valence-electron chi connectivity index (χ0n) is 11.3. The Morgan fingerprint density at radius 2 is 2.05 bits per heavy atom. The van der Waals surface area contributed by atoms with Crippen molar-refractivity contribution in [1.29, 1.82) is 0 Å². The van der Waals surface area contributed by atoms with Crippen molar-refractivity contribution in [3.63, 3.8) is 0 Å². The molecule has 4 nitrogen and oxygen atoms in total. The van der Waals surface area contributed by atoms with E-state index in [1.165, 1.54) is 11.1 Å². The third kappa shape index (κ3) is 3.64. The van der Waals surface area contributed by atoms with Gasteiger partial charge in [0.15, 0.2) is 0 Å². The van der Waals surface area contributed by atoms with Gasteiger partial charge in [-0.05, 0) is 12.5 Å². The minimum atomic E-state index is 0.666. The largest absolute Gasteiger partial charge is 0.383 e. The Labute approximate surface area is 121 Å². The zero-order valence-corrected chi connectivity index (χ0v) is 12.9. The van der Waals surface area contributed by atoms with E-state index < -0.39 is 0 Å². The highest BCUT2D eigenvalue weighted by Crippen LogP contribution is 2.12. The summed E-state index contributed by atoms with van der Waals surface area (Å²) in [6.45, 7) is 3.55. The van der Waals surface area contributed by atoms with Gasteiger partial charge in [-0.3, -0.25) is 0 Å². The Hall–Kier alpha value is -1.20. The number of nitrogens with zero attached hydrogens (tertiary/aromatic N) is 3. The van der Waals surface area contributed by atoms with Gasteiger partial charge in [0.25, 0.3) is 0 Å². The van der Waals surface area contributed by atoms with E-state index in [0.29, 0.717) is 11.9 Å². The minimum absolute atomic E-state index is 0.666. The van der Waals surface area contributed by atoms with Gasteiger partial charge in [-0.2, -0.15) is 0 Å². The van der Waals surface area contributed by atoms with Crippen LogP contribution in [0.1, 0.15) is 22.8 Å². The van der Waals surface area contributed by atoms with E-state index in [9.17, 15) is 0 Å². The van der Waals surface area contributed by atoms with Crippen molar-refractivity contribution in [1.82, 2.24) is 14.8 Å². The van der Waals surface area contributed by atoms with Crippen LogP contribution in [0.2, 0.25) is 0 Å². The second kappa shape index (κ2) is 6.82. The number of aromatic nitrogens is 3. The molecule has 0 spiro atoms. The monoisotopic (exact) mass is 323 g/mol. The van der Waals surface area contributed by atoms with E-state index in [4.69, 9.17) is 4.74 Å². The normalized spacial score (nSPS) is 10.9. The molecule has 102 valence electrons. The molecule has 0 radical (unpaired) electrons. The fourth-order valence-corrected chi connectivity index (χ4v) is 2.46. The Bertz CT molecular complexity index is 539. The van der Waals surface area contributed by atoms with E-state index in [0.717, 1.165) is 24.6 Å². The van der Waals surface area contributed by atoms with Gasteiger partial charge in [0.2, 0.25) is 0 Å². The van der Waals surface area contributed by atoms with Crippen molar-refractivity contribution in [2.24, 2.45) is 0 Å². The maximum absolute atomic E-state index is 5.15. The number of rotatable bonds is 6. The first-order valence-corrected chi connectivity index (χ1v) is 7.38. The van der Waals surface area contributed by atoms with Gasteiger partial charge in [0.05, 0.1) is 11.9 Å². The molecule has 0 unspecified atom stereocenters. The standard InChI is InChI=1S/C14H18BrN3O/c1-11-4-3-5-12(8-11)9-13-16-17-14(10-15)18(13)6-7-19-2/h3-5,8H,6-7,9-10H2,1-2H3. The second-order valence-corrected chi connectivity index (χ2v) is 5.04. The van der Waals surface area contributed by atoms with Crippen molar-refractivity contribution in [2.45, 2.75) is 25.2 Å². The lowest BCUT2D eigenvalue weighted by atomic mass is 10.1. The number of alkyl halides is 1. The third-order valence-electron chi connectivity index (χ3n) is 2.99. The summed E-state index contributed by atoms with van der Waals surface area (Å²) < 4.78 is 7.27. The predicted octanol–water partition coefficient (Wildman–Crippen LogP) is 2.72. The molecule has 0 aliphatic rings. The van der Waals surface area contributed by atoms with E-state index in [-0.39, 0.29) is 0 Å². The molecule has 2 aromatic rings. The van der Waals surface area contributed by atoms with Crippen molar-refractivity contribution in [2.75, 3.05) is 13.7 Å². The molecule has 1 aromatic heterocycles. The first-order chi connectivity index (χ1) is 9.24. The zero-order chi connectivity index (χ0) is 13.7. The molecule has 5 heteroatoms. The van der Waals surface area contributed by atoms with Gasteiger partial charge in [0.1, 0.15) is 11.6 Å². The lowest BCUT2D eigenvalue weighted by Crippen LogP contribution is -2.11. The van der Waals surface area contributed by atoms with Crippen LogP contribution >= 0.6 is 15.9 Å². The summed E-state index contributed by atoms with van der Waals surface area (Å²) in [5, 5.41) is 9.21. The van der Waals surface area contributed by atoms with Crippen LogP contribution in [0.4, 0.5) is 0 Å². The molecule has 1 heterocycles. The number of halogens is 1. The molecule has 0 bridgehead atoms. The first-order valence-electron chi connectivity index (χ1n) is 6.26. The molecule has 0 aliphatic carbocycles. The maximum Gasteiger partial charge on any atom is 0.143 e. The Morgan fingerprint density at radius 3 is 2.74 bits per heavy atom. The third-order valence-corrected chi connectivity index (χ3v) is 3.49. The molecule has 0 N–H and O–H groups in total. The van der Waals surface area contributed by atoms with E-state index in [2.05, 4.69) is 61.9 Å². The summed E-state index contributed by atoms with van der Waals surface area (Å²) in [6, 6.07) is 8.48. The summed E-state index contributed by atoms with van der Waals surface area (Å²) in [5.74, 6) is 1.93. The molecule has 0 amide bonds. The van der Waals surface area contributed by atoms with Crippen LogP contribution in [0.5, 0.6) is 0 Å². The van der Waals surface area contributed by atoms with Crippen LogP contribution in [0.25, 0.3) is 0 Å². The van der Waals surface area contributed by atoms with Crippen LogP contribution in [-0.2, 0) is 23.0 Å². The van der Waals surface area contributed by atoms with Crippen molar-refractivity contribution in [3.8, 4) is 0 Å². The number of aryl methyl sites for hydroxylation is 1. The van der Waals surface area contributed by atoms with Crippen LogP contribution < -0.4 is 0 Å². The van der Waals surface area contributed by atoms with Gasteiger partial charge in [-0.1, -0.05) is 45.8 Å². The molecule has 0 aliphatic heterocycles. The quantitative estimate of drug-likeness (QED) is 0.767. The number of benzene rings is 1. The van der Waals surface area contributed by atoms with Crippen molar-refractivity contribution >= 4 is 15.9 Å². The highest BCUT2D eigenvalue weighted by molar-refractivity contribution is 9.08. The van der Waals surface area contributed by atoms with E-state index in [1.807, 2.05) is 0 Å². The predicted molar refractivity (Wildman–Crippen MR) is 78.5 cm³/mol. The van der Waals surface area contributed by atoms with Crippen LogP contribution in [0, 0.1) is 6.92 Å². The fraction of sp³-hybridized carbons (Fsp3) is 0.429. The summed E-state index contributed by atoms with van der Waals surface area (Å²) in [7, 11) is 1.71. The second-order valence-electron chi connectivity index (χ2n) is 4.48. The molecule has 0 saturated heterocycles. The average molecular weight is 324 g/mol. The van der Waals surface area contributed by atoms with Gasteiger partial charge in [-0.25, -0.2) is 0 Å². The maximum atomic E-state index is 5.15. The Morgan fingerprint density at radius 1 is 1.26 bits per heavy atom. The van der Waals surface area contributed by atoms with Gasteiger partial charge in [0, 0.05) is 20.1 Å². The lowest BCUT2D eigenvalue weighted by molar-refractivity contribution is 0.185. The number of methoxy groups -OCH3 is 1. The summed E-state index contributed by atoms with van der Waals surface area (Å²) in [6.07, 6.45) is 0.797. The van der Waals surface area contributed by atoms with Crippen LogP contribution in [0.3, 0.4) is 0 Å². The fourth-order valence-electron chi connectivity index (χ4n) is 2.05. The number of hydrogen-bond donors (Lipinski definition) is 0. The summed E-state index contributed by atoms with van der Waals surface area (Å²) in [5.41, 5.74) is 2.52. The molecular weight excluding hydrogens is 306 g/mol. The molecule has 19 heavy (non-hydrogen) atoms. The van der Waals surface area contributed by atoms with Gasteiger partial charge in [-0.15, -0.1) is 10.2 Å². The molecule has 0 atom stereocenters. The number of ether oxygens (including phenoxy) is 1.